The Bertz CT molecular complexity index is 3250. The number of carbonyl (C=O) groups excluding carboxylic acids is 1. The minimum atomic E-state index is -0.962. The number of β-amino-alcohol motifs (C(OH)–C–C–N with tert-alkyl or cyclic N) is 1. The molecule has 1 amide bonds. The maximum Gasteiger partial charge on any atom is 0.329 e. The van der Waals surface area contributed by atoms with Gasteiger partial charge in [-0.05, 0) is 149 Å². The molecule has 3 aromatic carbocycles. The molecule has 2 aliphatic carbocycles. The molecule has 1 spiro atoms. The second-order valence-electron chi connectivity index (χ2n) is 22.7. The number of piperazine rings is 1. The van der Waals surface area contributed by atoms with Crippen molar-refractivity contribution in [3.8, 4) is 23.0 Å². The number of likely N-dealkylation sites (tertiary alicyclic amines) is 1. The van der Waals surface area contributed by atoms with E-state index < -0.39 is 23.3 Å². The van der Waals surface area contributed by atoms with E-state index in [1.54, 1.807) is 41.4 Å². The van der Waals surface area contributed by atoms with Crippen LogP contribution >= 0.6 is 0 Å². The molecular formula is C56H66F2N10O5. The lowest BCUT2D eigenvalue weighted by atomic mass is 9.60. The number of aryl methyl sites for hydroxylation is 2. The summed E-state index contributed by atoms with van der Waals surface area (Å²) >= 11 is 0. The Kier molecular flexibility index (Phi) is 11.8. The highest BCUT2D eigenvalue weighted by atomic mass is 19.1. The predicted molar refractivity (Wildman–Crippen MR) is 278 cm³/mol. The number of nitrogens with zero attached hydrogens (tertiary/aromatic N) is 9. The van der Waals surface area contributed by atoms with Crippen LogP contribution in [0, 0.1) is 22.5 Å². The molecule has 7 heterocycles. The number of hydrogen-bond donors (Lipinski definition) is 3. The Morgan fingerprint density at radius 2 is 1.70 bits per heavy atom. The van der Waals surface area contributed by atoms with Gasteiger partial charge in [-0.25, -0.2) is 13.6 Å². The van der Waals surface area contributed by atoms with E-state index in [2.05, 4.69) is 43.7 Å². The van der Waals surface area contributed by atoms with Crippen molar-refractivity contribution in [2.75, 3.05) is 75.3 Å². The first kappa shape index (κ1) is 47.8. The number of allylic oxidation sites excluding steroid dienone is 1. The van der Waals surface area contributed by atoms with E-state index in [0.29, 0.717) is 90.1 Å². The van der Waals surface area contributed by atoms with E-state index in [-0.39, 0.29) is 45.5 Å². The molecule has 6 fully saturated rings. The van der Waals surface area contributed by atoms with E-state index in [9.17, 15) is 19.8 Å². The lowest BCUT2D eigenvalue weighted by molar-refractivity contribution is -0.124. The molecule has 2 atom stereocenters. The van der Waals surface area contributed by atoms with E-state index in [1.807, 2.05) is 17.9 Å². The zero-order valence-electron chi connectivity index (χ0n) is 42.2. The molecule has 4 aliphatic heterocycles. The van der Waals surface area contributed by atoms with Gasteiger partial charge in [0, 0.05) is 87.5 Å². The largest absolute Gasteiger partial charge is 0.508 e. The summed E-state index contributed by atoms with van der Waals surface area (Å²) in [5.74, 6) is -0.938. The van der Waals surface area contributed by atoms with Crippen LogP contribution in [-0.4, -0.2) is 127 Å². The molecule has 0 bridgehead atoms. The van der Waals surface area contributed by atoms with E-state index >= 15 is 8.78 Å². The third kappa shape index (κ3) is 8.68. The zero-order valence-corrected chi connectivity index (χ0v) is 42.2. The number of piperidine rings is 3. The molecule has 3 N–H and O–H groups in total. The summed E-state index contributed by atoms with van der Waals surface area (Å²) in [6.45, 7) is 15.7. The fourth-order valence-corrected chi connectivity index (χ4v) is 13.2. The highest BCUT2D eigenvalue weighted by Gasteiger charge is 2.51. The highest BCUT2D eigenvalue weighted by molar-refractivity contribution is 6.02. The molecule has 17 heteroatoms. The van der Waals surface area contributed by atoms with Gasteiger partial charge in [0.1, 0.15) is 34.6 Å². The smallest absolute Gasteiger partial charge is 0.329 e. The Hall–Kier alpha value is -6.17. The molecule has 4 saturated heterocycles. The van der Waals surface area contributed by atoms with Crippen LogP contribution in [0.5, 0.6) is 11.8 Å². The monoisotopic (exact) mass is 997 g/mol. The first-order valence-electron chi connectivity index (χ1n) is 26.4. The van der Waals surface area contributed by atoms with Crippen molar-refractivity contribution in [1.29, 1.82) is 0 Å². The summed E-state index contributed by atoms with van der Waals surface area (Å²) in [5, 5.41) is 26.2. The molecule has 1 unspecified atom stereocenters. The number of rotatable bonds is 11. The van der Waals surface area contributed by atoms with Gasteiger partial charge in [0.15, 0.2) is 5.82 Å². The molecule has 384 valence electrons. The lowest BCUT2D eigenvalue weighted by Crippen LogP contribution is -2.59. The summed E-state index contributed by atoms with van der Waals surface area (Å²) in [6.07, 6.45) is 11.4. The number of benzene rings is 3. The van der Waals surface area contributed by atoms with Crippen molar-refractivity contribution in [3.05, 3.63) is 88.6 Å². The SMILES string of the molecule is C=C1CCC(n2c(=O)n(C)c3cc(N4CCN(C5CC6(CCN(CC7(COc8nc(N9CCC[C@@](C)(O)C9)c9cnc(-c%10cc(O)cc%11ccc(F)c(CC)c%10%11)c(F)c9n8)CC7)CC6)C5)CC4)ccc32)C(=O)N1. The van der Waals surface area contributed by atoms with Gasteiger partial charge in [-0.3, -0.25) is 23.8 Å². The second-order valence-corrected chi connectivity index (χ2v) is 22.7. The number of halogens is 2. The highest BCUT2D eigenvalue weighted by Crippen LogP contribution is 2.53. The number of aromatic nitrogens is 5. The van der Waals surface area contributed by atoms with Crippen LogP contribution in [0.1, 0.15) is 89.7 Å². The number of pyridine rings is 1. The molecule has 73 heavy (non-hydrogen) atoms. The van der Waals surface area contributed by atoms with Crippen molar-refractivity contribution in [1.82, 2.24) is 39.2 Å². The average Bonchev–Trinajstić information content (AvgIpc) is 4.09. The summed E-state index contributed by atoms with van der Waals surface area (Å²) < 4.78 is 42.2. The van der Waals surface area contributed by atoms with Gasteiger partial charge >= 0.3 is 11.7 Å². The first-order valence-corrected chi connectivity index (χ1v) is 26.4. The number of aliphatic hydroxyl groups is 1. The average molecular weight is 997 g/mol. The molecule has 0 radical (unpaired) electrons. The number of amides is 1. The van der Waals surface area contributed by atoms with Gasteiger partial charge in [0.25, 0.3) is 0 Å². The van der Waals surface area contributed by atoms with Crippen LogP contribution in [0.3, 0.4) is 0 Å². The standard InChI is InChI=1S/C56H66F2N10O5/c1-5-39-42(57)10-8-35-25-38(69)27-40(46(35)39)48-47(58)49-41(30-59-48)50(67-18-6-13-54(3,72)31-67)62-52(61-49)73-33-56(14-15-56)32-64-19-16-55(17-20-64)28-37(29-55)66-23-21-65(22-24-66)36-9-12-43-45(26-36)63(4)53(71)68(43)44-11-7-34(2)60-51(44)70/h8-10,12,25-27,30,37,44,69,72H,2,5-7,11,13-24,28-29,31-33H2,1,3-4H3,(H,60,70)/t44?,54-/m1/s1. The minimum Gasteiger partial charge on any atom is -0.508 e. The maximum atomic E-state index is 17.2. The van der Waals surface area contributed by atoms with Crippen molar-refractivity contribution in [2.45, 2.75) is 102 Å². The van der Waals surface area contributed by atoms with Crippen LogP contribution in [0.4, 0.5) is 20.3 Å². The second kappa shape index (κ2) is 18.0. The molecular weight excluding hydrogens is 931 g/mol. The topological polar surface area (TPSA) is 157 Å². The lowest BCUT2D eigenvalue weighted by Gasteiger charge is -2.56. The number of nitrogens with one attached hydrogen (secondary N) is 1. The van der Waals surface area contributed by atoms with Crippen LogP contribution in [0.25, 0.3) is 44.0 Å². The van der Waals surface area contributed by atoms with Gasteiger partial charge in [0.05, 0.1) is 28.6 Å². The van der Waals surface area contributed by atoms with Gasteiger partial charge in [0.2, 0.25) is 5.91 Å². The van der Waals surface area contributed by atoms with Crippen LogP contribution < -0.4 is 25.5 Å². The van der Waals surface area contributed by atoms with Crippen LogP contribution in [-0.2, 0) is 18.3 Å². The fourth-order valence-electron chi connectivity index (χ4n) is 13.2. The van der Waals surface area contributed by atoms with Crippen LogP contribution in [0.15, 0.2) is 65.7 Å². The quantitative estimate of drug-likeness (QED) is 0.117. The van der Waals surface area contributed by atoms with Gasteiger partial charge in [-0.15, -0.1) is 0 Å². The van der Waals surface area contributed by atoms with E-state index in [4.69, 9.17) is 14.7 Å². The number of phenols is 1. The number of carbonyl (C=O) groups is 1. The third-order valence-electron chi connectivity index (χ3n) is 17.6. The van der Waals surface area contributed by atoms with Crippen molar-refractivity contribution < 1.29 is 28.5 Å². The van der Waals surface area contributed by atoms with Crippen molar-refractivity contribution >= 4 is 50.1 Å². The van der Waals surface area contributed by atoms with E-state index in [0.717, 1.165) is 81.8 Å². The number of imidazole rings is 1. The van der Waals surface area contributed by atoms with Gasteiger partial charge in [-0.1, -0.05) is 19.6 Å². The van der Waals surface area contributed by atoms with Crippen molar-refractivity contribution in [2.24, 2.45) is 17.9 Å². The number of phenolic OH excluding ortho intramolecular Hbond substituents is 1. The fraction of sp³-hybridized carbons (Fsp3) is 0.518. The van der Waals surface area contributed by atoms with Gasteiger partial charge in [-0.2, -0.15) is 9.97 Å². The normalized spacial score (nSPS) is 23.7. The molecule has 3 aromatic heterocycles. The third-order valence-corrected chi connectivity index (χ3v) is 17.6. The predicted octanol–water partition coefficient (Wildman–Crippen LogP) is 7.59. The number of hydrogen-bond acceptors (Lipinski definition) is 12. The van der Waals surface area contributed by atoms with Crippen molar-refractivity contribution in [3.63, 3.8) is 0 Å². The van der Waals surface area contributed by atoms with E-state index in [1.165, 1.54) is 37.8 Å². The summed E-state index contributed by atoms with van der Waals surface area (Å²) in [5.41, 5.74) is 3.28. The van der Waals surface area contributed by atoms with Gasteiger partial charge < -0.3 is 35.0 Å². The summed E-state index contributed by atoms with van der Waals surface area (Å²) in [4.78, 5) is 50.1. The zero-order chi connectivity index (χ0) is 50.6. The number of fused-ring (bicyclic) bond motifs is 3. The molecule has 2 saturated carbocycles. The molecule has 6 aromatic rings. The Labute approximate surface area is 423 Å². The molecule has 6 aliphatic rings. The number of ether oxygens (including phenoxy) is 1. The Morgan fingerprint density at radius 1 is 0.918 bits per heavy atom. The number of anilines is 2. The molecule has 15 nitrogen and oxygen atoms in total. The Morgan fingerprint density at radius 3 is 2.42 bits per heavy atom. The minimum absolute atomic E-state index is 0.0198. The molecule has 12 rings (SSSR count). The Balaban J connectivity index is 0.687. The van der Waals surface area contributed by atoms with Crippen LogP contribution in [0.2, 0.25) is 0 Å². The first-order chi connectivity index (χ1) is 35.1. The summed E-state index contributed by atoms with van der Waals surface area (Å²) in [6, 6.07) is 12.2. The number of aromatic hydroxyl groups is 1. The maximum absolute atomic E-state index is 17.2. The summed E-state index contributed by atoms with van der Waals surface area (Å²) in [7, 11) is 1.79.